The zero-order chi connectivity index (χ0) is 20.2. The van der Waals surface area contributed by atoms with Crippen LogP contribution < -0.4 is 10.6 Å². The van der Waals surface area contributed by atoms with Crippen LogP contribution >= 0.6 is 0 Å². The molecule has 1 saturated carbocycles. The van der Waals surface area contributed by atoms with Gasteiger partial charge < -0.3 is 15.2 Å². The first-order valence-electron chi connectivity index (χ1n) is 10.7. The Labute approximate surface area is 171 Å². The van der Waals surface area contributed by atoms with Crippen molar-refractivity contribution in [3.63, 3.8) is 0 Å². The lowest BCUT2D eigenvalue weighted by atomic mass is 9.99. The summed E-state index contributed by atoms with van der Waals surface area (Å²) < 4.78 is 35.2. The highest BCUT2D eigenvalue weighted by Crippen LogP contribution is 2.41. The molecular weight excluding hydrogens is 394 g/mol. The van der Waals surface area contributed by atoms with E-state index in [1.165, 1.54) is 0 Å². The summed E-state index contributed by atoms with van der Waals surface area (Å²) in [5, 5.41) is 10.3. The summed E-state index contributed by atoms with van der Waals surface area (Å²) in [4.78, 5) is 12.6. The number of amides is 1. The molecule has 1 unspecified atom stereocenters. The van der Waals surface area contributed by atoms with E-state index in [-0.39, 0.29) is 30.1 Å². The minimum absolute atomic E-state index is 0.0329. The average molecular weight is 424 g/mol. The molecule has 1 aromatic heterocycles. The molecule has 5 rings (SSSR count). The van der Waals surface area contributed by atoms with Gasteiger partial charge in [0.05, 0.1) is 0 Å². The maximum atomic E-state index is 13.3. The van der Waals surface area contributed by atoms with E-state index < -0.39 is 10.2 Å². The van der Waals surface area contributed by atoms with Crippen LogP contribution in [0.1, 0.15) is 67.6 Å². The Morgan fingerprint density at radius 3 is 2.62 bits per heavy atom. The van der Waals surface area contributed by atoms with Crippen LogP contribution in [-0.4, -0.2) is 71.9 Å². The van der Waals surface area contributed by atoms with Crippen molar-refractivity contribution in [2.24, 2.45) is 0 Å². The molecule has 4 fully saturated rings. The molecule has 29 heavy (non-hydrogen) atoms. The van der Waals surface area contributed by atoms with E-state index in [1.807, 2.05) is 6.92 Å². The maximum absolute atomic E-state index is 13.3. The number of rotatable bonds is 5. The van der Waals surface area contributed by atoms with Gasteiger partial charge in [-0.1, -0.05) is 5.16 Å². The van der Waals surface area contributed by atoms with Crippen molar-refractivity contribution in [3.05, 3.63) is 17.5 Å². The highest BCUT2D eigenvalue weighted by molar-refractivity contribution is 7.86. The number of hydrogen-bond acceptors (Lipinski definition) is 6. The lowest BCUT2D eigenvalue weighted by molar-refractivity contribution is 0.0897. The van der Waals surface area contributed by atoms with Gasteiger partial charge in [-0.2, -0.15) is 17.0 Å². The van der Waals surface area contributed by atoms with Crippen molar-refractivity contribution < 1.29 is 17.7 Å². The number of nitrogens with zero attached hydrogens (tertiary/aromatic N) is 3. The van der Waals surface area contributed by atoms with Gasteiger partial charge in [-0.25, -0.2) is 0 Å². The Bertz CT molecular complexity index is 869. The van der Waals surface area contributed by atoms with Crippen molar-refractivity contribution in [1.29, 1.82) is 0 Å². The van der Waals surface area contributed by atoms with Crippen LogP contribution in [-0.2, 0) is 10.2 Å². The van der Waals surface area contributed by atoms with Crippen LogP contribution in [0.2, 0.25) is 0 Å². The minimum Gasteiger partial charge on any atom is -0.360 e. The first-order chi connectivity index (χ1) is 13.9. The van der Waals surface area contributed by atoms with Crippen LogP contribution in [0.4, 0.5) is 0 Å². The third kappa shape index (κ3) is 3.71. The largest absolute Gasteiger partial charge is 0.360 e. The summed E-state index contributed by atoms with van der Waals surface area (Å²) in [6.07, 6.45) is 5.20. The highest BCUT2D eigenvalue weighted by Gasteiger charge is 2.49. The van der Waals surface area contributed by atoms with Crippen molar-refractivity contribution in [3.8, 4) is 0 Å². The molecule has 3 saturated heterocycles. The first-order valence-corrected chi connectivity index (χ1v) is 12.1. The van der Waals surface area contributed by atoms with Crippen LogP contribution in [0.25, 0.3) is 0 Å². The minimum atomic E-state index is -3.47. The fourth-order valence-electron chi connectivity index (χ4n) is 5.08. The van der Waals surface area contributed by atoms with Crippen LogP contribution in [0.15, 0.2) is 10.6 Å². The molecule has 9 nitrogen and oxygen atoms in total. The molecule has 2 bridgehead atoms. The van der Waals surface area contributed by atoms with Gasteiger partial charge in [0.25, 0.3) is 16.1 Å². The molecule has 0 aromatic carbocycles. The number of piperidine rings is 1. The van der Waals surface area contributed by atoms with E-state index in [0.717, 1.165) is 31.4 Å². The molecule has 4 aliphatic rings. The van der Waals surface area contributed by atoms with Gasteiger partial charge in [-0.05, 0) is 45.4 Å². The second kappa shape index (κ2) is 7.33. The third-order valence-electron chi connectivity index (χ3n) is 6.67. The fourth-order valence-corrected chi connectivity index (χ4v) is 7.22. The Balaban J connectivity index is 1.24. The van der Waals surface area contributed by atoms with E-state index in [9.17, 15) is 13.2 Å². The van der Waals surface area contributed by atoms with E-state index >= 15 is 0 Å². The molecule has 4 heterocycles. The molecule has 0 spiro atoms. The highest BCUT2D eigenvalue weighted by atomic mass is 32.2. The lowest BCUT2D eigenvalue weighted by Crippen LogP contribution is -2.60. The summed E-state index contributed by atoms with van der Waals surface area (Å²) in [7, 11) is -3.47. The number of nitrogens with one attached hydrogen (secondary N) is 2. The molecule has 10 heteroatoms. The standard InChI is InChI=1S/C19H29N5O4S/c1-12-11-23(7-6-20-12)29(26,27)24-15-4-5-16(24)9-14(8-15)21-19(25)17-10-18(28-22-17)13-2-3-13/h10,12-16,20H,2-9,11H2,1H3,(H,21,25)/t12?,14-,15+,16-. The number of fused-ring (bicyclic) bond motifs is 2. The van der Waals surface area contributed by atoms with Gasteiger partial charge in [0.15, 0.2) is 5.69 Å². The SMILES string of the molecule is CC1CN(S(=O)(=O)N2[C@@H]3CC[C@H]2C[C@@H](NC(=O)c2cc(C4CC4)on2)C3)CCN1. The Kier molecular flexibility index (Phi) is 4.92. The van der Waals surface area contributed by atoms with Gasteiger partial charge in [-0.3, -0.25) is 4.79 Å². The maximum Gasteiger partial charge on any atom is 0.282 e. The van der Waals surface area contributed by atoms with Crippen LogP contribution in [0, 0.1) is 0 Å². The zero-order valence-corrected chi connectivity index (χ0v) is 17.5. The van der Waals surface area contributed by atoms with Gasteiger partial charge in [-0.15, -0.1) is 0 Å². The molecule has 1 aliphatic carbocycles. The van der Waals surface area contributed by atoms with Crippen molar-refractivity contribution in [2.45, 2.75) is 75.5 Å². The van der Waals surface area contributed by atoms with Crippen molar-refractivity contribution in [2.75, 3.05) is 19.6 Å². The average Bonchev–Trinajstić information content (AvgIpc) is 3.34. The number of carbonyl (C=O) groups excluding carboxylic acids is 1. The summed E-state index contributed by atoms with van der Waals surface area (Å²) >= 11 is 0. The summed E-state index contributed by atoms with van der Waals surface area (Å²) in [5.74, 6) is 0.986. The fraction of sp³-hybridized carbons (Fsp3) is 0.789. The molecule has 4 atom stereocenters. The molecule has 1 aromatic rings. The van der Waals surface area contributed by atoms with Gasteiger partial charge in [0, 0.05) is 55.8 Å². The Hall–Kier alpha value is -1.49. The van der Waals surface area contributed by atoms with Gasteiger partial charge >= 0.3 is 0 Å². The topological polar surface area (TPSA) is 108 Å². The van der Waals surface area contributed by atoms with Gasteiger partial charge in [0.1, 0.15) is 5.76 Å². The lowest BCUT2D eigenvalue weighted by Gasteiger charge is -2.42. The first kappa shape index (κ1) is 19.5. The summed E-state index contributed by atoms with van der Waals surface area (Å²) in [6, 6.07) is 1.78. The Morgan fingerprint density at radius 2 is 1.97 bits per heavy atom. The molecule has 2 N–H and O–H groups in total. The van der Waals surface area contributed by atoms with E-state index in [4.69, 9.17) is 4.52 Å². The van der Waals surface area contributed by atoms with Crippen molar-refractivity contribution in [1.82, 2.24) is 24.4 Å². The predicted octanol–water partition coefficient (Wildman–Crippen LogP) is 0.816. The number of carbonyl (C=O) groups is 1. The van der Waals surface area contributed by atoms with Crippen LogP contribution in [0.5, 0.6) is 0 Å². The third-order valence-corrected chi connectivity index (χ3v) is 8.78. The quantitative estimate of drug-likeness (QED) is 0.726. The second-order valence-corrected chi connectivity index (χ2v) is 10.8. The molecular formula is C19H29N5O4S. The second-order valence-electron chi connectivity index (χ2n) is 8.97. The predicted molar refractivity (Wildman–Crippen MR) is 106 cm³/mol. The van der Waals surface area contributed by atoms with Gasteiger partial charge in [0.2, 0.25) is 0 Å². The molecule has 3 aliphatic heterocycles. The van der Waals surface area contributed by atoms with E-state index in [1.54, 1.807) is 14.7 Å². The summed E-state index contributed by atoms with van der Waals surface area (Å²) in [5.41, 5.74) is 0.323. The molecule has 160 valence electrons. The Morgan fingerprint density at radius 1 is 1.24 bits per heavy atom. The smallest absolute Gasteiger partial charge is 0.282 e. The number of aromatic nitrogens is 1. The monoisotopic (exact) mass is 423 g/mol. The van der Waals surface area contributed by atoms with Crippen LogP contribution in [0.3, 0.4) is 0 Å². The zero-order valence-electron chi connectivity index (χ0n) is 16.7. The summed E-state index contributed by atoms with van der Waals surface area (Å²) in [6.45, 7) is 3.71. The van der Waals surface area contributed by atoms with Crippen molar-refractivity contribution >= 4 is 16.1 Å². The number of piperazine rings is 1. The van der Waals surface area contributed by atoms with E-state index in [0.29, 0.717) is 44.1 Å². The van der Waals surface area contributed by atoms with E-state index in [2.05, 4.69) is 15.8 Å². The normalized spacial score (nSPS) is 33.7. The molecule has 1 amide bonds. The number of hydrogen-bond donors (Lipinski definition) is 2. The molecule has 0 radical (unpaired) electrons.